The summed E-state index contributed by atoms with van der Waals surface area (Å²) in [6, 6.07) is 13.7. The number of hydrogen-bond donors (Lipinski definition) is 2. The van der Waals surface area contributed by atoms with Crippen molar-refractivity contribution in [2.75, 3.05) is 16.6 Å². The molecule has 0 spiro atoms. The number of carbonyl (C=O) groups is 1. The van der Waals surface area contributed by atoms with Gasteiger partial charge in [0.1, 0.15) is 23.3 Å². The lowest BCUT2D eigenvalue weighted by Gasteiger charge is -2.12. The summed E-state index contributed by atoms with van der Waals surface area (Å²) in [5.74, 6) is 0.617. The van der Waals surface area contributed by atoms with Crippen LogP contribution in [0.2, 0.25) is 5.02 Å². The van der Waals surface area contributed by atoms with Crippen LogP contribution in [-0.2, 0) is 10.0 Å². The third kappa shape index (κ3) is 5.33. The number of nitrogens with one attached hydrogen (secondary N) is 2. The van der Waals surface area contributed by atoms with Crippen LogP contribution in [0, 0.1) is 0 Å². The number of ether oxygens (including phenoxy) is 1. The highest BCUT2D eigenvalue weighted by Crippen LogP contribution is 2.26. The summed E-state index contributed by atoms with van der Waals surface area (Å²) >= 11 is 6.15. The van der Waals surface area contributed by atoms with Crippen molar-refractivity contribution in [2.24, 2.45) is 0 Å². The standard InChI is InChI=1S/C22H19ClN6O4S/c1-2-33-18-7-4-16(5-8-18)28-34(31,32)20-11-15(3-9-19(20)23)22(30)27-17-6-10-21(25-12-17)29-14-24-13-26-29/h3-14,28H,2H2,1H3,(H,27,30). The van der Waals surface area contributed by atoms with Crippen molar-refractivity contribution >= 4 is 38.9 Å². The topological polar surface area (TPSA) is 128 Å². The van der Waals surface area contributed by atoms with E-state index in [0.29, 0.717) is 29.5 Å². The molecule has 2 heterocycles. The number of nitrogens with zero attached hydrogens (tertiary/aromatic N) is 4. The smallest absolute Gasteiger partial charge is 0.263 e. The van der Waals surface area contributed by atoms with Crippen LogP contribution in [0.25, 0.3) is 5.82 Å². The fraction of sp³-hybridized carbons (Fsp3) is 0.0909. The Morgan fingerprint density at radius 1 is 1.09 bits per heavy atom. The number of rotatable bonds is 8. The van der Waals surface area contributed by atoms with Crippen molar-refractivity contribution < 1.29 is 17.9 Å². The predicted octanol–water partition coefficient (Wildman–Crippen LogP) is 3.77. The Labute approximate surface area is 200 Å². The van der Waals surface area contributed by atoms with Crippen molar-refractivity contribution in [3.63, 3.8) is 0 Å². The third-order valence-electron chi connectivity index (χ3n) is 4.56. The molecule has 174 valence electrons. The van der Waals surface area contributed by atoms with Gasteiger partial charge in [0.25, 0.3) is 15.9 Å². The number of anilines is 2. The normalized spacial score (nSPS) is 11.1. The van der Waals surface area contributed by atoms with Crippen LogP contribution in [0.3, 0.4) is 0 Å². The quantitative estimate of drug-likeness (QED) is 0.378. The molecule has 0 fully saturated rings. The Morgan fingerprint density at radius 2 is 1.85 bits per heavy atom. The number of sulfonamides is 1. The molecule has 2 aromatic heterocycles. The van der Waals surface area contributed by atoms with Crippen LogP contribution >= 0.6 is 11.6 Å². The van der Waals surface area contributed by atoms with Crippen LogP contribution in [-0.4, -0.2) is 40.7 Å². The zero-order valence-electron chi connectivity index (χ0n) is 17.8. The van der Waals surface area contributed by atoms with E-state index in [1.165, 1.54) is 41.7 Å². The van der Waals surface area contributed by atoms with E-state index in [1.807, 2.05) is 6.92 Å². The van der Waals surface area contributed by atoms with E-state index in [0.717, 1.165) is 0 Å². The molecule has 0 saturated carbocycles. The minimum atomic E-state index is -4.06. The molecular formula is C22H19ClN6O4S. The number of amides is 1. The number of aromatic nitrogens is 4. The molecule has 0 aliphatic carbocycles. The number of benzene rings is 2. The van der Waals surface area contributed by atoms with Gasteiger partial charge in [-0.1, -0.05) is 11.6 Å². The van der Waals surface area contributed by atoms with Gasteiger partial charge in [0, 0.05) is 11.3 Å². The maximum absolute atomic E-state index is 12.9. The van der Waals surface area contributed by atoms with Gasteiger partial charge in [-0.25, -0.2) is 23.1 Å². The Kier molecular flexibility index (Phi) is 6.75. The molecule has 0 aliphatic rings. The minimum absolute atomic E-state index is 0.0196. The van der Waals surface area contributed by atoms with E-state index >= 15 is 0 Å². The molecule has 1 amide bonds. The van der Waals surface area contributed by atoms with Gasteiger partial charge in [-0.05, 0) is 61.5 Å². The Balaban J connectivity index is 1.51. The van der Waals surface area contributed by atoms with Crippen LogP contribution in [0.5, 0.6) is 5.75 Å². The number of carbonyl (C=O) groups excluding carboxylic acids is 1. The maximum Gasteiger partial charge on any atom is 0.263 e. The number of halogens is 1. The lowest BCUT2D eigenvalue weighted by atomic mass is 10.2. The average molecular weight is 499 g/mol. The molecule has 2 aromatic carbocycles. The molecule has 10 nitrogen and oxygen atoms in total. The van der Waals surface area contributed by atoms with Gasteiger partial charge in [-0.15, -0.1) is 0 Å². The van der Waals surface area contributed by atoms with Crippen LogP contribution in [0.1, 0.15) is 17.3 Å². The summed E-state index contributed by atoms with van der Waals surface area (Å²) in [5.41, 5.74) is 0.852. The highest BCUT2D eigenvalue weighted by molar-refractivity contribution is 7.92. The van der Waals surface area contributed by atoms with Crippen LogP contribution in [0.4, 0.5) is 11.4 Å². The molecule has 0 bridgehead atoms. The van der Waals surface area contributed by atoms with E-state index in [4.69, 9.17) is 16.3 Å². The van der Waals surface area contributed by atoms with E-state index in [1.54, 1.807) is 36.4 Å². The third-order valence-corrected chi connectivity index (χ3v) is 6.42. The van der Waals surface area contributed by atoms with Gasteiger partial charge < -0.3 is 10.1 Å². The summed E-state index contributed by atoms with van der Waals surface area (Å²) < 4.78 is 35.2. The lowest BCUT2D eigenvalue weighted by Crippen LogP contribution is -2.16. The van der Waals surface area contributed by atoms with Crippen molar-refractivity contribution in [3.8, 4) is 11.6 Å². The largest absolute Gasteiger partial charge is 0.494 e. The molecule has 12 heteroatoms. The van der Waals surface area contributed by atoms with Gasteiger partial charge in [-0.2, -0.15) is 5.10 Å². The monoisotopic (exact) mass is 498 g/mol. The summed E-state index contributed by atoms with van der Waals surface area (Å²) in [7, 11) is -4.06. The van der Waals surface area contributed by atoms with E-state index in [2.05, 4.69) is 25.1 Å². The second-order valence-electron chi connectivity index (χ2n) is 6.91. The van der Waals surface area contributed by atoms with Crippen molar-refractivity contribution in [1.29, 1.82) is 0 Å². The maximum atomic E-state index is 12.9. The summed E-state index contributed by atoms with van der Waals surface area (Å²) in [6.45, 7) is 2.35. The molecule has 0 unspecified atom stereocenters. The first-order valence-corrected chi connectivity index (χ1v) is 11.9. The molecule has 2 N–H and O–H groups in total. The van der Waals surface area contributed by atoms with Gasteiger partial charge in [-0.3, -0.25) is 9.52 Å². The fourth-order valence-corrected chi connectivity index (χ4v) is 4.56. The fourth-order valence-electron chi connectivity index (χ4n) is 2.97. The second-order valence-corrected chi connectivity index (χ2v) is 8.97. The van der Waals surface area contributed by atoms with Crippen molar-refractivity contribution in [3.05, 3.63) is 84.0 Å². The molecule has 34 heavy (non-hydrogen) atoms. The molecule has 0 radical (unpaired) electrons. The van der Waals surface area contributed by atoms with E-state index < -0.39 is 15.9 Å². The molecule has 4 rings (SSSR count). The van der Waals surface area contributed by atoms with Crippen LogP contribution in [0.15, 0.2) is 78.3 Å². The first kappa shape index (κ1) is 23.2. The Hall–Kier alpha value is -3.96. The van der Waals surface area contributed by atoms with Gasteiger partial charge in [0.05, 0.1) is 23.5 Å². The van der Waals surface area contributed by atoms with Gasteiger partial charge >= 0.3 is 0 Å². The SMILES string of the molecule is CCOc1ccc(NS(=O)(=O)c2cc(C(=O)Nc3ccc(-n4cncn4)nc3)ccc2Cl)cc1. The zero-order valence-corrected chi connectivity index (χ0v) is 19.4. The van der Waals surface area contributed by atoms with Crippen molar-refractivity contribution in [1.82, 2.24) is 19.7 Å². The van der Waals surface area contributed by atoms with E-state index in [-0.39, 0.29) is 15.5 Å². The summed E-state index contributed by atoms with van der Waals surface area (Å²) in [6.07, 6.45) is 4.34. The van der Waals surface area contributed by atoms with Crippen molar-refractivity contribution in [2.45, 2.75) is 11.8 Å². The summed E-state index contributed by atoms with van der Waals surface area (Å²) in [5, 5.41) is 6.64. The molecular weight excluding hydrogens is 480 g/mol. The lowest BCUT2D eigenvalue weighted by molar-refractivity contribution is 0.102. The Bertz CT molecular complexity index is 1390. The van der Waals surface area contributed by atoms with Crippen LogP contribution < -0.4 is 14.8 Å². The summed E-state index contributed by atoms with van der Waals surface area (Å²) in [4.78, 5) is 20.6. The average Bonchev–Trinajstić information content (AvgIpc) is 3.36. The van der Waals surface area contributed by atoms with Gasteiger partial charge in [0.15, 0.2) is 5.82 Å². The predicted molar refractivity (Wildman–Crippen MR) is 127 cm³/mol. The number of hydrogen-bond acceptors (Lipinski definition) is 7. The minimum Gasteiger partial charge on any atom is -0.494 e. The Morgan fingerprint density at radius 3 is 2.50 bits per heavy atom. The van der Waals surface area contributed by atoms with E-state index in [9.17, 15) is 13.2 Å². The zero-order chi connectivity index (χ0) is 24.1. The highest BCUT2D eigenvalue weighted by Gasteiger charge is 2.21. The first-order chi connectivity index (χ1) is 16.4. The number of pyridine rings is 1. The molecule has 0 atom stereocenters. The van der Waals surface area contributed by atoms with Gasteiger partial charge in [0.2, 0.25) is 0 Å². The second kappa shape index (κ2) is 9.89. The molecule has 0 aliphatic heterocycles. The molecule has 0 saturated heterocycles. The molecule has 4 aromatic rings. The highest BCUT2D eigenvalue weighted by atomic mass is 35.5. The first-order valence-electron chi connectivity index (χ1n) is 10.0.